The lowest BCUT2D eigenvalue weighted by Gasteiger charge is -2.15. The van der Waals surface area contributed by atoms with E-state index in [0.717, 1.165) is 12.0 Å². The van der Waals surface area contributed by atoms with Crippen LogP contribution in [0.15, 0.2) is 18.2 Å². The van der Waals surface area contributed by atoms with Crippen LogP contribution in [0.2, 0.25) is 0 Å². The fourth-order valence-corrected chi connectivity index (χ4v) is 2.35. The summed E-state index contributed by atoms with van der Waals surface area (Å²) in [5, 5.41) is 2.85. The first-order valence-corrected chi connectivity index (χ1v) is 7.50. The van der Waals surface area contributed by atoms with E-state index in [4.69, 9.17) is 15.2 Å². The number of methoxy groups -OCH3 is 1. The molecule has 2 rings (SSSR count). The Hall–Kier alpha value is -2.12. The van der Waals surface area contributed by atoms with Gasteiger partial charge in [0.1, 0.15) is 11.9 Å². The number of esters is 1. The van der Waals surface area contributed by atoms with Crippen LogP contribution in [0.4, 0.5) is 5.69 Å². The summed E-state index contributed by atoms with van der Waals surface area (Å²) in [5.74, 6) is -0.0913. The van der Waals surface area contributed by atoms with Crippen molar-refractivity contribution in [3.63, 3.8) is 0 Å². The molecule has 126 valence electrons. The van der Waals surface area contributed by atoms with Crippen LogP contribution < -0.4 is 15.8 Å². The summed E-state index contributed by atoms with van der Waals surface area (Å²) in [7, 11) is 1.30. The van der Waals surface area contributed by atoms with Crippen LogP contribution in [0.3, 0.4) is 0 Å². The number of benzene rings is 1. The van der Waals surface area contributed by atoms with Crippen molar-refractivity contribution in [2.45, 2.75) is 32.0 Å². The van der Waals surface area contributed by atoms with E-state index in [0.29, 0.717) is 24.4 Å². The van der Waals surface area contributed by atoms with Gasteiger partial charge in [-0.15, -0.1) is 0 Å². The highest BCUT2D eigenvalue weighted by Gasteiger charge is 2.30. The van der Waals surface area contributed by atoms with Gasteiger partial charge in [-0.3, -0.25) is 4.79 Å². The van der Waals surface area contributed by atoms with E-state index < -0.39 is 12.1 Å². The predicted molar refractivity (Wildman–Crippen MR) is 84.3 cm³/mol. The number of carbonyl (C=O) groups excluding carboxylic acids is 2. The molecule has 1 amide bonds. The molecule has 0 unspecified atom stereocenters. The number of amides is 1. The van der Waals surface area contributed by atoms with Crippen LogP contribution in [-0.2, 0) is 19.1 Å². The third kappa shape index (κ3) is 4.67. The van der Waals surface area contributed by atoms with Gasteiger partial charge >= 0.3 is 5.97 Å². The third-order valence-corrected chi connectivity index (χ3v) is 3.70. The highest BCUT2D eigenvalue weighted by molar-refractivity contribution is 5.95. The topological polar surface area (TPSA) is 99.9 Å². The Morgan fingerprint density at radius 3 is 2.78 bits per heavy atom. The van der Waals surface area contributed by atoms with Crippen molar-refractivity contribution in [3.8, 4) is 5.75 Å². The monoisotopic (exact) mass is 322 g/mol. The summed E-state index contributed by atoms with van der Waals surface area (Å²) in [4.78, 5) is 23.3. The average Bonchev–Trinajstić information content (AvgIpc) is 3.04. The van der Waals surface area contributed by atoms with Crippen LogP contribution >= 0.6 is 0 Å². The fraction of sp³-hybridized carbons (Fsp3) is 0.500. The van der Waals surface area contributed by atoms with Gasteiger partial charge in [0.15, 0.2) is 6.61 Å². The number of hydrogen-bond acceptors (Lipinski definition) is 6. The Kier molecular flexibility index (Phi) is 5.95. The second-order valence-electron chi connectivity index (χ2n) is 5.39. The van der Waals surface area contributed by atoms with E-state index in [9.17, 15) is 9.59 Å². The maximum absolute atomic E-state index is 12.2. The van der Waals surface area contributed by atoms with Crippen LogP contribution in [0, 0.1) is 6.92 Å². The molecule has 1 heterocycles. The summed E-state index contributed by atoms with van der Waals surface area (Å²) >= 11 is 0. The van der Waals surface area contributed by atoms with Gasteiger partial charge in [-0.25, -0.2) is 4.79 Å². The number of aryl methyl sites for hydroxylation is 1. The molecule has 0 radical (unpaired) electrons. The van der Waals surface area contributed by atoms with Crippen LogP contribution in [0.1, 0.15) is 18.4 Å². The molecule has 7 heteroatoms. The Morgan fingerprint density at radius 2 is 2.17 bits per heavy atom. The van der Waals surface area contributed by atoms with Gasteiger partial charge in [0.05, 0.1) is 13.2 Å². The van der Waals surface area contributed by atoms with Crippen molar-refractivity contribution in [3.05, 3.63) is 23.8 Å². The van der Waals surface area contributed by atoms with E-state index in [1.807, 2.05) is 6.92 Å². The minimum absolute atomic E-state index is 0.0408. The molecule has 23 heavy (non-hydrogen) atoms. The molecule has 3 N–H and O–H groups in total. The Balaban J connectivity index is 1.93. The van der Waals surface area contributed by atoms with Gasteiger partial charge < -0.3 is 25.3 Å². The molecule has 2 atom stereocenters. The molecule has 0 spiro atoms. The number of nitrogens with two attached hydrogens (primary N) is 1. The molecule has 1 aliphatic heterocycles. The van der Waals surface area contributed by atoms with E-state index in [2.05, 4.69) is 10.1 Å². The highest BCUT2D eigenvalue weighted by atomic mass is 16.6. The van der Waals surface area contributed by atoms with Gasteiger partial charge in [0.25, 0.3) is 5.91 Å². The number of ether oxygens (including phenoxy) is 3. The van der Waals surface area contributed by atoms with Crippen molar-refractivity contribution in [1.29, 1.82) is 0 Å². The second-order valence-corrected chi connectivity index (χ2v) is 5.39. The van der Waals surface area contributed by atoms with Crippen LogP contribution in [0.5, 0.6) is 5.75 Å². The van der Waals surface area contributed by atoms with Gasteiger partial charge in [0, 0.05) is 12.2 Å². The Bertz CT molecular complexity index is 576. The van der Waals surface area contributed by atoms with Gasteiger partial charge in [-0.05, 0) is 43.5 Å². The number of anilines is 1. The zero-order valence-electron chi connectivity index (χ0n) is 13.3. The Labute approximate surface area is 135 Å². The molecule has 1 saturated heterocycles. The number of nitrogens with one attached hydrogen (secondary N) is 1. The lowest BCUT2D eigenvalue weighted by Crippen LogP contribution is -2.30. The highest BCUT2D eigenvalue weighted by Crippen LogP contribution is 2.24. The number of rotatable bonds is 6. The van der Waals surface area contributed by atoms with Crippen LogP contribution in [0.25, 0.3) is 0 Å². The smallest absolute Gasteiger partial charge is 0.343 e. The quantitative estimate of drug-likeness (QED) is 0.758. The minimum Gasteiger partial charge on any atom is -0.482 e. The first-order valence-electron chi connectivity index (χ1n) is 7.50. The summed E-state index contributed by atoms with van der Waals surface area (Å²) in [6.07, 6.45) is 0.972. The van der Waals surface area contributed by atoms with Gasteiger partial charge in [-0.2, -0.15) is 0 Å². The van der Waals surface area contributed by atoms with Gasteiger partial charge in [-0.1, -0.05) is 0 Å². The average molecular weight is 322 g/mol. The molecular weight excluding hydrogens is 300 g/mol. The molecule has 1 aromatic carbocycles. The van der Waals surface area contributed by atoms with E-state index in [1.165, 1.54) is 7.11 Å². The normalized spacial score (nSPS) is 20.1. The summed E-state index contributed by atoms with van der Waals surface area (Å²) < 4.78 is 15.4. The van der Waals surface area contributed by atoms with Crippen LogP contribution in [-0.4, -0.2) is 44.3 Å². The zero-order valence-corrected chi connectivity index (χ0v) is 13.3. The second kappa shape index (κ2) is 7.94. The lowest BCUT2D eigenvalue weighted by atomic mass is 10.1. The summed E-state index contributed by atoms with van der Waals surface area (Å²) in [5.41, 5.74) is 7.05. The standard InChI is InChI=1S/C16H22N2O5/c1-10-7-11(22-9-15(19)21-2)3-5-13(10)18-16(20)14-6-4-12(8-17)23-14/h3,5,7,12,14H,4,6,8-9,17H2,1-2H3,(H,18,20)/t12-,14+/m1/s1. The van der Waals surface area contributed by atoms with Crippen molar-refractivity contribution < 1.29 is 23.8 Å². The lowest BCUT2D eigenvalue weighted by molar-refractivity contribution is -0.142. The molecule has 0 bridgehead atoms. The molecule has 1 aromatic rings. The van der Waals surface area contributed by atoms with E-state index >= 15 is 0 Å². The third-order valence-electron chi connectivity index (χ3n) is 3.70. The summed E-state index contributed by atoms with van der Waals surface area (Å²) in [6.45, 7) is 2.12. The molecule has 0 saturated carbocycles. The fourth-order valence-electron chi connectivity index (χ4n) is 2.35. The molecule has 1 fully saturated rings. The number of carbonyl (C=O) groups is 2. The van der Waals surface area contributed by atoms with Crippen molar-refractivity contribution in [2.24, 2.45) is 5.73 Å². The maximum atomic E-state index is 12.2. The SMILES string of the molecule is COC(=O)COc1ccc(NC(=O)[C@@H]2CC[C@H](CN)O2)c(C)c1. The number of hydrogen-bond donors (Lipinski definition) is 2. The summed E-state index contributed by atoms with van der Waals surface area (Å²) in [6, 6.07) is 5.16. The molecule has 7 nitrogen and oxygen atoms in total. The molecule has 0 aromatic heterocycles. The zero-order chi connectivity index (χ0) is 16.8. The van der Waals surface area contributed by atoms with E-state index in [-0.39, 0.29) is 18.6 Å². The van der Waals surface area contributed by atoms with Crippen molar-refractivity contribution in [2.75, 3.05) is 25.6 Å². The van der Waals surface area contributed by atoms with E-state index in [1.54, 1.807) is 18.2 Å². The molecule has 1 aliphatic rings. The predicted octanol–water partition coefficient (Wildman–Crippen LogP) is 0.992. The van der Waals surface area contributed by atoms with Crippen molar-refractivity contribution in [1.82, 2.24) is 0 Å². The largest absolute Gasteiger partial charge is 0.482 e. The molecular formula is C16H22N2O5. The Morgan fingerprint density at radius 1 is 1.39 bits per heavy atom. The minimum atomic E-state index is -0.460. The first-order chi connectivity index (χ1) is 11.0. The van der Waals surface area contributed by atoms with Crippen molar-refractivity contribution >= 4 is 17.6 Å². The molecule has 0 aliphatic carbocycles. The maximum Gasteiger partial charge on any atom is 0.343 e. The van der Waals surface area contributed by atoms with Gasteiger partial charge in [0.2, 0.25) is 0 Å². The first kappa shape index (κ1) is 17.2.